The molecule has 27 heavy (non-hydrogen) atoms. The number of fused-ring (bicyclic) bond motifs is 1. The van der Waals surface area contributed by atoms with Gasteiger partial charge in [-0.05, 0) is 36.2 Å². The number of hydrogen-bond acceptors (Lipinski definition) is 4. The molecule has 1 aromatic heterocycles. The molecule has 4 rings (SSSR count). The zero-order valence-electron chi connectivity index (χ0n) is 15.4. The average Bonchev–Trinajstić information content (AvgIpc) is 3.21. The van der Waals surface area contributed by atoms with E-state index in [2.05, 4.69) is 10.3 Å². The van der Waals surface area contributed by atoms with Crippen molar-refractivity contribution in [2.75, 3.05) is 11.4 Å². The van der Waals surface area contributed by atoms with E-state index in [0.29, 0.717) is 30.1 Å². The van der Waals surface area contributed by atoms with Gasteiger partial charge < -0.3 is 14.6 Å². The Morgan fingerprint density at radius 1 is 1.26 bits per heavy atom. The van der Waals surface area contributed by atoms with E-state index in [9.17, 15) is 9.59 Å². The summed E-state index contributed by atoms with van der Waals surface area (Å²) in [6, 6.07) is 13.4. The number of aryl methyl sites for hydroxylation is 2. The molecule has 138 valence electrons. The highest BCUT2D eigenvalue weighted by Gasteiger charge is 2.35. The van der Waals surface area contributed by atoms with Crippen LogP contribution in [0.5, 0.6) is 0 Å². The van der Waals surface area contributed by atoms with Crippen molar-refractivity contribution in [2.45, 2.75) is 26.8 Å². The van der Waals surface area contributed by atoms with Gasteiger partial charge in [0.1, 0.15) is 5.52 Å². The van der Waals surface area contributed by atoms with Crippen molar-refractivity contribution in [2.24, 2.45) is 5.92 Å². The molecule has 2 heterocycles. The molecule has 1 N–H and O–H groups in total. The maximum absolute atomic E-state index is 12.6. The fraction of sp³-hybridized carbons (Fsp3) is 0.286. The monoisotopic (exact) mass is 363 g/mol. The van der Waals surface area contributed by atoms with Gasteiger partial charge in [0, 0.05) is 32.1 Å². The first-order valence-electron chi connectivity index (χ1n) is 9.01. The van der Waals surface area contributed by atoms with Crippen LogP contribution in [0.2, 0.25) is 0 Å². The van der Waals surface area contributed by atoms with Crippen LogP contribution in [0.15, 0.2) is 46.9 Å². The Hall–Kier alpha value is -3.15. The summed E-state index contributed by atoms with van der Waals surface area (Å²) < 4.78 is 5.48. The molecule has 6 nitrogen and oxygen atoms in total. The maximum Gasteiger partial charge on any atom is 0.227 e. The molecular weight excluding hydrogens is 342 g/mol. The number of rotatable bonds is 4. The van der Waals surface area contributed by atoms with Gasteiger partial charge in [0.2, 0.25) is 11.8 Å². The smallest absolute Gasteiger partial charge is 0.227 e. The van der Waals surface area contributed by atoms with Gasteiger partial charge in [-0.3, -0.25) is 9.59 Å². The lowest BCUT2D eigenvalue weighted by Gasteiger charge is -2.16. The van der Waals surface area contributed by atoms with Crippen LogP contribution in [0.3, 0.4) is 0 Å². The number of benzene rings is 2. The van der Waals surface area contributed by atoms with Crippen LogP contribution >= 0.6 is 0 Å². The van der Waals surface area contributed by atoms with Crippen molar-refractivity contribution in [1.82, 2.24) is 10.3 Å². The third-order valence-corrected chi connectivity index (χ3v) is 5.00. The second-order valence-electron chi connectivity index (χ2n) is 6.93. The fourth-order valence-corrected chi connectivity index (χ4v) is 3.47. The molecule has 1 aliphatic rings. The van der Waals surface area contributed by atoms with E-state index in [4.69, 9.17) is 4.42 Å². The van der Waals surface area contributed by atoms with E-state index >= 15 is 0 Å². The topological polar surface area (TPSA) is 75.4 Å². The zero-order valence-corrected chi connectivity index (χ0v) is 15.4. The second kappa shape index (κ2) is 6.87. The number of nitrogens with zero attached hydrogens (tertiary/aromatic N) is 2. The highest BCUT2D eigenvalue weighted by molar-refractivity contribution is 6.01. The third-order valence-electron chi connectivity index (χ3n) is 5.00. The molecule has 1 saturated heterocycles. The first-order valence-corrected chi connectivity index (χ1v) is 9.01. The molecule has 0 saturated carbocycles. The van der Waals surface area contributed by atoms with Crippen LogP contribution in [0.4, 0.5) is 5.69 Å². The maximum atomic E-state index is 12.6. The summed E-state index contributed by atoms with van der Waals surface area (Å²) in [6.45, 7) is 4.65. The number of carbonyl (C=O) groups is 2. The molecule has 1 atom stereocenters. The Morgan fingerprint density at radius 2 is 2.07 bits per heavy atom. The Bertz CT molecular complexity index is 1020. The van der Waals surface area contributed by atoms with E-state index in [-0.39, 0.29) is 24.2 Å². The second-order valence-corrected chi connectivity index (χ2v) is 6.93. The molecule has 0 radical (unpaired) electrons. The minimum absolute atomic E-state index is 0.0504. The van der Waals surface area contributed by atoms with E-state index in [0.717, 1.165) is 16.8 Å². The van der Waals surface area contributed by atoms with E-state index in [1.54, 1.807) is 11.8 Å². The Labute approximate surface area is 157 Å². The normalized spacial score (nSPS) is 16.9. The first-order chi connectivity index (χ1) is 13.0. The fourth-order valence-electron chi connectivity index (χ4n) is 3.47. The molecule has 1 unspecified atom stereocenters. The lowest BCUT2D eigenvalue weighted by Crippen LogP contribution is -2.32. The molecule has 0 spiro atoms. The highest BCUT2D eigenvalue weighted by Crippen LogP contribution is 2.28. The lowest BCUT2D eigenvalue weighted by atomic mass is 10.1. The van der Waals surface area contributed by atoms with Gasteiger partial charge in [0.05, 0.1) is 5.92 Å². The predicted octanol–water partition coefficient (Wildman–Crippen LogP) is 3.11. The first kappa shape index (κ1) is 17.3. The van der Waals surface area contributed by atoms with Crippen molar-refractivity contribution in [3.05, 3.63) is 59.5 Å². The van der Waals surface area contributed by atoms with Gasteiger partial charge in [-0.2, -0.15) is 0 Å². The van der Waals surface area contributed by atoms with Gasteiger partial charge in [-0.1, -0.05) is 24.3 Å². The Kier molecular flexibility index (Phi) is 4.39. The van der Waals surface area contributed by atoms with E-state index in [1.165, 1.54) is 0 Å². The molecule has 0 bridgehead atoms. The van der Waals surface area contributed by atoms with Gasteiger partial charge in [0.25, 0.3) is 0 Å². The number of nitrogens with one attached hydrogen (secondary N) is 1. The molecule has 0 aliphatic carbocycles. The quantitative estimate of drug-likeness (QED) is 0.773. The SMILES string of the molecule is Cc1nc2cc(N3CC(C(=O)NCc4ccccc4C)CC3=O)ccc2o1. The van der Waals surface area contributed by atoms with Gasteiger partial charge in [0.15, 0.2) is 11.5 Å². The van der Waals surface area contributed by atoms with Gasteiger partial charge >= 0.3 is 0 Å². The van der Waals surface area contributed by atoms with Crippen molar-refractivity contribution in [3.63, 3.8) is 0 Å². The largest absolute Gasteiger partial charge is 0.441 e. The highest BCUT2D eigenvalue weighted by atomic mass is 16.3. The molecule has 1 fully saturated rings. The number of hydrogen-bond donors (Lipinski definition) is 1. The molecule has 1 aliphatic heterocycles. The predicted molar refractivity (Wildman–Crippen MR) is 102 cm³/mol. The average molecular weight is 363 g/mol. The lowest BCUT2D eigenvalue weighted by molar-refractivity contribution is -0.126. The van der Waals surface area contributed by atoms with E-state index < -0.39 is 0 Å². The third kappa shape index (κ3) is 3.43. The minimum atomic E-state index is -0.351. The Balaban J connectivity index is 1.44. The van der Waals surface area contributed by atoms with E-state index in [1.807, 2.05) is 49.4 Å². The van der Waals surface area contributed by atoms with Crippen LogP contribution in [0.25, 0.3) is 11.1 Å². The summed E-state index contributed by atoms with van der Waals surface area (Å²) in [5.74, 6) is 0.0951. The molecule has 2 aromatic carbocycles. The van der Waals surface area contributed by atoms with Crippen LogP contribution in [0.1, 0.15) is 23.4 Å². The van der Waals surface area contributed by atoms with Crippen molar-refractivity contribution >= 4 is 28.6 Å². The summed E-state index contributed by atoms with van der Waals surface area (Å²) in [5, 5.41) is 2.96. The van der Waals surface area contributed by atoms with Crippen molar-refractivity contribution in [3.8, 4) is 0 Å². The molecule has 6 heteroatoms. The molecular formula is C21H21N3O3. The summed E-state index contributed by atoms with van der Waals surface area (Å²) in [4.78, 5) is 31.0. The Morgan fingerprint density at radius 3 is 2.89 bits per heavy atom. The van der Waals surface area contributed by atoms with Crippen LogP contribution in [-0.4, -0.2) is 23.3 Å². The number of carbonyl (C=O) groups excluding carboxylic acids is 2. The molecule has 3 aromatic rings. The summed E-state index contributed by atoms with van der Waals surface area (Å²) in [6.07, 6.45) is 0.218. The zero-order chi connectivity index (χ0) is 19.0. The number of amides is 2. The van der Waals surface area contributed by atoms with Crippen molar-refractivity contribution in [1.29, 1.82) is 0 Å². The summed E-state index contributed by atoms with van der Waals surface area (Å²) >= 11 is 0. The number of anilines is 1. The van der Waals surface area contributed by atoms with Crippen LogP contribution in [0, 0.1) is 19.8 Å². The summed E-state index contributed by atoms with van der Waals surface area (Å²) in [7, 11) is 0. The minimum Gasteiger partial charge on any atom is -0.441 e. The van der Waals surface area contributed by atoms with Gasteiger partial charge in [-0.15, -0.1) is 0 Å². The van der Waals surface area contributed by atoms with Crippen LogP contribution < -0.4 is 10.2 Å². The molecule has 2 amide bonds. The van der Waals surface area contributed by atoms with Crippen molar-refractivity contribution < 1.29 is 14.0 Å². The summed E-state index contributed by atoms with van der Waals surface area (Å²) in [5.41, 5.74) is 4.37. The van der Waals surface area contributed by atoms with Crippen LogP contribution in [-0.2, 0) is 16.1 Å². The number of oxazole rings is 1. The number of aromatic nitrogens is 1. The van der Waals surface area contributed by atoms with Gasteiger partial charge in [-0.25, -0.2) is 4.98 Å². The standard InChI is InChI=1S/C21H21N3O3/c1-13-5-3-4-6-15(13)11-22-21(26)16-9-20(25)24(12-16)17-7-8-19-18(10-17)23-14(2)27-19/h3-8,10,16H,9,11-12H2,1-2H3,(H,22,26).